The van der Waals surface area contributed by atoms with Gasteiger partial charge in [-0.25, -0.2) is 9.79 Å². The summed E-state index contributed by atoms with van der Waals surface area (Å²) in [6.45, 7) is 3.81. The van der Waals surface area contributed by atoms with Crippen LogP contribution in [0.15, 0.2) is 104 Å². The third-order valence-electron chi connectivity index (χ3n) is 6.79. The van der Waals surface area contributed by atoms with Crippen LogP contribution in [0.2, 0.25) is 0 Å². The van der Waals surface area contributed by atoms with E-state index in [0.717, 1.165) is 37.1 Å². The number of hydrogen-bond donors (Lipinski definition) is 0. The number of hydrogen-bond acceptors (Lipinski definition) is 5. The summed E-state index contributed by atoms with van der Waals surface area (Å²) in [5.74, 6) is -0.462. The van der Waals surface area contributed by atoms with E-state index in [1.807, 2.05) is 54.6 Å². The first-order chi connectivity index (χ1) is 18.5. The van der Waals surface area contributed by atoms with Crippen LogP contribution in [0.4, 0.5) is 0 Å². The maximum absolute atomic E-state index is 14.1. The van der Waals surface area contributed by atoms with E-state index in [9.17, 15) is 9.59 Å². The third kappa shape index (κ3) is 4.12. The van der Waals surface area contributed by atoms with Gasteiger partial charge in [-0.05, 0) is 70.8 Å². The first-order valence-corrected chi connectivity index (χ1v) is 13.9. The highest BCUT2D eigenvalue weighted by Gasteiger charge is 2.33. The van der Waals surface area contributed by atoms with E-state index >= 15 is 0 Å². The number of allylic oxidation sites excluding steroid dienone is 1. The molecule has 0 saturated heterocycles. The van der Waals surface area contributed by atoms with E-state index in [1.165, 1.54) is 11.3 Å². The molecule has 5 nitrogen and oxygen atoms in total. The lowest BCUT2D eigenvalue weighted by Gasteiger charge is -2.24. The molecule has 5 aromatic rings. The van der Waals surface area contributed by atoms with Crippen molar-refractivity contribution in [1.82, 2.24) is 4.57 Å². The molecule has 1 atom stereocenters. The van der Waals surface area contributed by atoms with Gasteiger partial charge < -0.3 is 4.74 Å². The SMILES string of the molecule is CCOC(=O)C1=C(C)N=c2s/c(=C\c3c4ccccc4cc4ccccc34)c(=O)n2[C@H]1c1ccc(Br)cc1. The van der Waals surface area contributed by atoms with Crippen LogP contribution in [0, 0.1) is 0 Å². The zero-order valence-corrected chi connectivity index (χ0v) is 23.2. The molecule has 7 heteroatoms. The number of thiazole rings is 1. The predicted molar refractivity (Wildman–Crippen MR) is 156 cm³/mol. The van der Waals surface area contributed by atoms with Gasteiger partial charge in [-0.2, -0.15) is 0 Å². The minimum Gasteiger partial charge on any atom is -0.463 e. The van der Waals surface area contributed by atoms with Crippen LogP contribution in [0.25, 0.3) is 27.6 Å². The fraction of sp³-hybridized carbons (Fsp3) is 0.129. The average molecular weight is 584 g/mol. The van der Waals surface area contributed by atoms with Crippen molar-refractivity contribution in [3.05, 3.63) is 125 Å². The number of nitrogens with zero attached hydrogens (tertiary/aromatic N) is 2. The number of rotatable bonds is 4. The van der Waals surface area contributed by atoms with Gasteiger partial charge in [0.25, 0.3) is 5.56 Å². The maximum atomic E-state index is 14.1. The Balaban J connectivity index is 1.64. The van der Waals surface area contributed by atoms with Crippen LogP contribution in [-0.2, 0) is 9.53 Å². The van der Waals surface area contributed by atoms with Gasteiger partial charge in [0.05, 0.1) is 28.5 Å². The van der Waals surface area contributed by atoms with Gasteiger partial charge >= 0.3 is 5.97 Å². The molecule has 188 valence electrons. The molecule has 0 fully saturated rings. The molecule has 0 saturated carbocycles. The van der Waals surface area contributed by atoms with Crippen molar-refractivity contribution in [2.75, 3.05) is 6.61 Å². The first-order valence-electron chi connectivity index (χ1n) is 12.3. The molecule has 38 heavy (non-hydrogen) atoms. The minimum atomic E-state index is -0.634. The number of benzene rings is 4. The fourth-order valence-electron chi connectivity index (χ4n) is 5.09. The van der Waals surface area contributed by atoms with Crippen molar-refractivity contribution in [2.45, 2.75) is 19.9 Å². The van der Waals surface area contributed by atoms with E-state index in [1.54, 1.807) is 18.4 Å². The van der Waals surface area contributed by atoms with E-state index in [4.69, 9.17) is 9.73 Å². The molecule has 0 aliphatic carbocycles. The van der Waals surface area contributed by atoms with Crippen LogP contribution >= 0.6 is 27.3 Å². The van der Waals surface area contributed by atoms with Crippen LogP contribution in [-0.4, -0.2) is 17.1 Å². The molecule has 1 aliphatic heterocycles. The summed E-state index contributed by atoms with van der Waals surface area (Å²) in [6.07, 6.45) is 1.97. The Kier molecular flexibility index (Phi) is 6.33. The van der Waals surface area contributed by atoms with Crippen LogP contribution in [0.3, 0.4) is 0 Å². The number of ether oxygens (including phenoxy) is 1. The average Bonchev–Trinajstić information content (AvgIpc) is 3.22. The Bertz CT molecular complexity index is 1900. The second-order valence-corrected chi connectivity index (χ2v) is 11.0. The van der Waals surface area contributed by atoms with Crippen LogP contribution < -0.4 is 14.9 Å². The number of halogens is 1. The summed E-state index contributed by atoms with van der Waals surface area (Å²) < 4.78 is 8.50. The molecule has 0 spiro atoms. The first kappa shape index (κ1) is 24.5. The third-order valence-corrected chi connectivity index (χ3v) is 8.30. The van der Waals surface area contributed by atoms with Gasteiger partial charge in [0.1, 0.15) is 0 Å². The number of aromatic nitrogens is 1. The van der Waals surface area contributed by atoms with Gasteiger partial charge in [-0.15, -0.1) is 0 Å². The molecule has 6 rings (SSSR count). The van der Waals surface area contributed by atoms with Gasteiger partial charge in [0.15, 0.2) is 4.80 Å². The highest BCUT2D eigenvalue weighted by molar-refractivity contribution is 9.10. The Morgan fingerprint density at radius 2 is 1.66 bits per heavy atom. The van der Waals surface area contributed by atoms with Crippen molar-refractivity contribution in [3.63, 3.8) is 0 Å². The second-order valence-electron chi connectivity index (χ2n) is 9.09. The molecule has 2 heterocycles. The highest BCUT2D eigenvalue weighted by Crippen LogP contribution is 2.32. The zero-order valence-electron chi connectivity index (χ0n) is 20.8. The second kappa shape index (κ2) is 9.82. The Labute approximate surface area is 231 Å². The van der Waals surface area contributed by atoms with E-state index in [0.29, 0.717) is 20.6 Å². The highest BCUT2D eigenvalue weighted by atomic mass is 79.9. The number of fused-ring (bicyclic) bond motifs is 3. The maximum Gasteiger partial charge on any atom is 0.338 e. The van der Waals surface area contributed by atoms with E-state index in [2.05, 4.69) is 46.3 Å². The number of carbonyl (C=O) groups is 1. The molecule has 0 bridgehead atoms. The Hall–Kier alpha value is -3.81. The van der Waals surface area contributed by atoms with Crippen LogP contribution in [0.5, 0.6) is 0 Å². The lowest BCUT2D eigenvalue weighted by Crippen LogP contribution is -2.39. The molecular formula is C31H23BrN2O3S. The summed E-state index contributed by atoms with van der Waals surface area (Å²) >= 11 is 4.82. The Morgan fingerprint density at radius 3 is 2.29 bits per heavy atom. The largest absolute Gasteiger partial charge is 0.463 e. The molecule has 4 aromatic carbocycles. The standard InChI is InChI=1S/C31H23BrN2O3S/c1-3-37-30(36)27-18(2)33-31-34(28(27)19-12-14-22(32)15-13-19)29(35)26(38-31)17-25-23-10-6-4-8-20(23)16-21-9-5-7-11-24(21)25/h4-17,28H,3H2,1-2H3/b26-17-/t28-/m0/s1. The lowest BCUT2D eigenvalue weighted by atomic mass is 9.96. The van der Waals surface area contributed by atoms with Gasteiger partial charge in [0.2, 0.25) is 0 Å². The quantitative estimate of drug-likeness (QED) is 0.197. The van der Waals surface area contributed by atoms with Crippen LogP contribution in [0.1, 0.15) is 31.0 Å². The minimum absolute atomic E-state index is 0.187. The summed E-state index contributed by atoms with van der Waals surface area (Å²) in [6, 6.07) is 25.6. The topological polar surface area (TPSA) is 60.7 Å². The number of carbonyl (C=O) groups excluding carboxylic acids is 1. The predicted octanol–water partition coefficient (Wildman–Crippen LogP) is 5.87. The molecule has 0 N–H and O–H groups in total. The summed E-state index contributed by atoms with van der Waals surface area (Å²) in [5, 5.41) is 4.37. The molecule has 0 radical (unpaired) electrons. The molecule has 0 unspecified atom stereocenters. The molecule has 1 aliphatic rings. The fourth-order valence-corrected chi connectivity index (χ4v) is 6.38. The summed E-state index contributed by atoms with van der Waals surface area (Å²) in [7, 11) is 0. The van der Waals surface area contributed by atoms with Gasteiger partial charge in [-0.1, -0.05) is 87.9 Å². The van der Waals surface area contributed by atoms with Gasteiger partial charge in [0, 0.05) is 4.47 Å². The van der Waals surface area contributed by atoms with Crippen molar-refractivity contribution in [2.24, 2.45) is 4.99 Å². The van der Waals surface area contributed by atoms with Crippen molar-refractivity contribution >= 4 is 60.9 Å². The van der Waals surface area contributed by atoms with Gasteiger partial charge in [-0.3, -0.25) is 9.36 Å². The Morgan fingerprint density at radius 1 is 1.03 bits per heavy atom. The summed E-state index contributed by atoms with van der Waals surface area (Å²) in [4.78, 5) is 32.4. The summed E-state index contributed by atoms with van der Waals surface area (Å²) in [5.41, 5.74) is 2.55. The molecule has 1 aromatic heterocycles. The molecule has 0 amide bonds. The number of esters is 1. The lowest BCUT2D eigenvalue weighted by molar-refractivity contribution is -0.139. The van der Waals surface area contributed by atoms with Crippen molar-refractivity contribution in [3.8, 4) is 0 Å². The molecular weight excluding hydrogens is 560 g/mol. The normalized spacial score (nSPS) is 15.6. The smallest absolute Gasteiger partial charge is 0.338 e. The van der Waals surface area contributed by atoms with Crippen molar-refractivity contribution in [1.29, 1.82) is 0 Å². The zero-order chi connectivity index (χ0) is 26.4. The monoisotopic (exact) mass is 582 g/mol. The van der Waals surface area contributed by atoms with E-state index < -0.39 is 12.0 Å². The van der Waals surface area contributed by atoms with E-state index in [-0.39, 0.29) is 12.2 Å². The van der Waals surface area contributed by atoms with Crippen molar-refractivity contribution < 1.29 is 9.53 Å².